The van der Waals surface area contributed by atoms with Gasteiger partial charge in [-0.15, -0.1) is 0 Å². The van der Waals surface area contributed by atoms with Gasteiger partial charge in [-0.05, 0) is 31.4 Å². The lowest BCUT2D eigenvalue weighted by molar-refractivity contribution is -0.140. The van der Waals surface area contributed by atoms with Gasteiger partial charge in [0, 0.05) is 6.20 Å². The summed E-state index contributed by atoms with van der Waals surface area (Å²) < 4.78 is 1.69. The minimum atomic E-state index is -1.04. The Bertz CT molecular complexity index is 703. The number of nitrogens with zero attached hydrogens (tertiary/aromatic N) is 2. The van der Waals surface area contributed by atoms with Gasteiger partial charge < -0.3 is 10.4 Å². The number of carbonyl (C=O) groups is 2. The first-order valence-corrected chi connectivity index (χ1v) is 6.81. The molecule has 0 radical (unpaired) electrons. The number of aliphatic carboxylic acids is 1. The molecule has 2 aromatic rings. The van der Waals surface area contributed by atoms with Gasteiger partial charge in [0.2, 0.25) is 0 Å². The number of hydrogen-bond acceptors (Lipinski definition) is 3. The van der Waals surface area contributed by atoms with Crippen molar-refractivity contribution in [3.05, 3.63) is 35.3 Å². The standard InChI is InChI=1S/C15H19N3O3/c1-8(2)11(15(20)21)17-14(19)12-10(4)16-13-9(3)6-5-7-18(12)13/h5-8,11H,1-4H3,(H,17,19)(H,20,21). The first-order valence-electron chi connectivity index (χ1n) is 6.81. The number of rotatable bonds is 4. The molecular formula is C15H19N3O3. The molecule has 2 aromatic heterocycles. The molecule has 2 heterocycles. The third-order valence-electron chi connectivity index (χ3n) is 3.45. The summed E-state index contributed by atoms with van der Waals surface area (Å²) in [5, 5.41) is 11.8. The number of nitrogens with one attached hydrogen (secondary N) is 1. The number of carboxylic acid groups (broad SMARTS) is 1. The van der Waals surface area contributed by atoms with Crippen LogP contribution in [0.1, 0.15) is 35.6 Å². The van der Waals surface area contributed by atoms with Crippen LogP contribution in [0.3, 0.4) is 0 Å². The van der Waals surface area contributed by atoms with E-state index >= 15 is 0 Å². The highest BCUT2D eigenvalue weighted by atomic mass is 16.4. The monoisotopic (exact) mass is 289 g/mol. The van der Waals surface area contributed by atoms with E-state index in [1.165, 1.54) is 0 Å². The SMILES string of the molecule is Cc1nc2c(C)cccn2c1C(=O)NC(C(=O)O)C(C)C. The molecule has 0 bridgehead atoms. The second-order valence-electron chi connectivity index (χ2n) is 5.46. The van der Waals surface area contributed by atoms with Crippen molar-refractivity contribution in [2.24, 2.45) is 5.92 Å². The minimum absolute atomic E-state index is 0.201. The molecule has 0 aliphatic carbocycles. The third kappa shape index (κ3) is 2.74. The maximum absolute atomic E-state index is 12.4. The van der Waals surface area contributed by atoms with E-state index in [1.807, 2.05) is 19.1 Å². The molecule has 0 aliphatic heterocycles. The van der Waals surface area contributed by atoms with Crippen molar-refractivity contribution in [3.8, 4) is 0 Å². The van der Waals surface area contributed by atoms with Crippen LogP contribution in [0, 0.1) is 19.8 Å². The van der Waals surface area contributed by atoms with E-state index in [2.05, 4.69) is 10.3 Å². The van der Waals surface area contributed by atoms with Gasteiger partial charge in [-0.25, -0.2) is 9.78 Å². The van der Waals surface area contributed by atoms with E-state index in [0.29, 0.717) is 17.0 Å². The van der Waals surface area contributed by atoms with Gasteiger partial charge >= 0.3 is 5.97 Å². The fourth-order valence-corrected chi connectivity index (χ4v) is 2.31. The molecule has 1 amide bonds. The highest BCUT2D eigenvalue weighted by Gasteiger charge is 2.26. The molecule has 0 aromatic carbocycles. The summed E-state index contributed by atoms with van der Waals surface area (Å²) in [5.41, 5.74) is 2.62. The molecule has 112 valence electrons. The van der Waals surface area contributed by atoms with Crippen LogP contribution in [-0.2, 0) is 4.79 Å². The molecule has 0 spiro atoms. The summed E-state index contributed by atoms with van der Waals surface area (Å²) in [6.45, 7) is 7.17. The van der Waals surface area contributed by atoms with Gasteiger partial charge in [0.05, 0.1) is 5.69 Å². The van der Waals surface area contributed by atoms with Crippen LogP contribution in [-0.4, -0.2) is 32.4 Å². The molecule has 2 rings (SSSR count). The van der Waals surface area contributed by atoms with Crippen molar-refractivity contribution in [2.75, 3.05) is 0 Å². The maximum Gasteiger partial charge on any atom is 0.326 e. The molecule has 6 heteroatoms. The second-order valence-corrected chi connectivity index (χ2v) is 5.46. The molecule has 1 unspecified atom stereocenters. The van der Waals surface area contributed by atoms with E-state index in [0.717, 1.165) is 5.56 Å². The zero-order chi connectivity index (χ0) is 15.7. The molecule has 0 saturated heterocycles. The molecule has 0 fully saturated rings. The number of aromatic nitrogens is 2. The van der Waals surface area contributed by atoms with Crippen molar-refractivity contribution in [2.45, 2.75) is 33.7 Å². The van der Waals surface area contributed by atoms with E-state index < -0.39 is 17.9 Å². The Hall–Kier alpha value is -2.37. The zero-order valence-corrected chi connectivity index (χ0v) is 12.5. The van der Waals surface area contributed by atoms with Crippen molar-refractivity contribution in [3.63, 3.8) is 0 Å². The van der Waals surface area contributed by atoms with Crippen LogP contribution >= 0.6 is 0 Å². The average Bonchev–Trinajstić information content (AvgIpc) is 2.73. The highest BCUT2D eigenvalue weighted by Crippen LogP contribution is 2.16. The van der Waals surface area contributed by atoms with Gasteiger partial charge in [0.15, 0.2) is 0 Å². The lowest BCUT2D eigenvalue weighted by Gasteiger charge is -2.17. The molecule has 2 N–H and O–H groups in total. The van der Waals surface area contributed by atoms with Gasteiger partial charge in [-0.2, -0.15) is 0 Å². The molecule has 0 aliphatic rings. The number of carbonyl (C=O) groups excluding carboxylic acids is 1. The largest absolute Gasteiger partial charge is 0.480 e. The van der Waals surface area contributed by atoms with E-state index in [-0.39, 0.29) is 5.92 Å². The molecular weight excluding hydrogens is 270 g/mol. The maximum atomic E-state index is 12.4. The number of carboxylic acids is 1. The molecule has 6 nitrogen and oxygen atoms in total. The summed E-state index contributed by atoms with van der Waals surface area (Å²) in [6, 6.07) is 2.82. The van der Waals surface area contributed by atoms with Crippen molar-refractivity contribution in [1.82, 2.24) is 14.7 Å². The van der Waals surface area contributed by atoms with Crippen LogP contribution in [0.2, 0.25) is 0 Å². The summed E-state index contributed by atoms with van der Waals surface area (Å²) in [7, 11) is 0. The van der Waals surface area contributed by atoms with E-state index in [1.54, 1.807) is 31.4 Å². The van der Waals surface area contributed by atoms with Crippen LogP contribution in [0.15, 0.2) is 18.3 Å². The zero-order valence-electron chi connectivity index (χ0n) is 12.5. The number of fused-ring (bicyclic) bond motifs is 1. The Kier molecular flexibility index (Phi) is 3.97. The Morgan fingerprint density at radius 3 is 2.57 bits per heavy atom. The Balaban J connectivity index is 2.42. The Morgan fingerprint density at radius 2 is 2.00 bits per heavy atom. The highest BCUT2D eigenvalue weighted by molar-refractivity contribution is 5.97. The topological polar surface area (TPSA) is 83.7 Å². The summed E-state index contributed by atoms with van der Waals surface area (Å²) in [5.74, 6) is -1.67. The fraction of sp³-hybridized carbons (Fsp3) is 0.400. The van der Waals surface area contributed by atoms with Gasteiger partial charge in [0.25, 0.3) is 5.91 Å². The van der Waals surface area contributed by atoms with Crippen LogP contribution in [0.25, 0.3) is 5.65 Å². The van der Waals surface area contributed by atoms with Crippen LogP contribution < -0.4 is 5.32 Å². The molecule has 1 atom stereocenters. The fourth-order valence-electron chi connectivity index (χ4n) is 2.31. The summed E-state index contributed by atoms with van der Waals surface area (Å²) in [6.07, 6.45) is 1.75. The average molecular weight is 289 g/mol. The smallest absolute Gasteiger partial charge is 0.326 e. The van der Waals surface area contributed by atoms with Crippen LogP contribution in [0.5, 0.6) is 0 Å². The Morgan fingerprint density at radius 1 is 1.33 bits per heavy atom. The molecule has 0 saturated carbocycles. The van der Waals surface area contributed by atoms with Crippen molar-refractivity contribution < 1.29 is 14.7 Å². The summed E-state index contributed by atoms with van der Waals surface area (Å²) >= 11 is 0. The second kappa shape index (κ2) is 5.55. The predicted octanol–water partition coefficient (Wildman–Crippen LogP) is 1.79. The minimum Gasteiger partial charge on any atom is -0.480 e. The normalized spacial score (nSPS) is 12.6. The van der Waals surface area contributed by atoms with E-state index in [9.17, 15) is 14.7 Å². The van der Waals surface area contributed by atoms with Gasteiger partial charge in [-0.1, -0.05) is 19.9 Å². The lowest BCUT2D eigenvalue weighted by Crippen LogP contribution is -2.44. The number of pyridine rings is 1. The van der Waals surface area contributed by atoms with Gasteiger partial charge in [0.1, 0.15) is 17.4 Å². The Labute approximate surface area is 122 Å². The number of amides is 1. The van der Waals surface area contributed by atoms with Gasteiger partial charge in [-0.3, -0.25) is 9.20 Å². The van der Waals surface area contributed by atoms with Crippen molar-refractivity contribution >= 4 is 17.5 Å². The predicted molar refractivity (Wildman–Crippen MR) is 78.4 cm³/mol. The summed E-state index contributed by atoms with van der Waals surface area (Å²) in [4.78, 5) is 28.0. The van der Waals surface area contributed by atoms with Crippen molar-refractivity contribution in [1.29, 1.82) is 0 Å². The van der Waals surface area contributed by atoms with Crippen LogP contribution in [0.4, 0.5) is 0 Å². The number of hydrogen-bond donors (Lipinski definition) is 2. The quantitative estimate of drug-likeness (QED) is 0.898. The third-order valence-corrected chi connectivity index (χ3v) is 3.45. The number of aryl methyl sites for hydroxylation is 2. The lowest BCUT2D eigenvalue weighted by atomic mass is 10.0. The molecule has 21 heavy (non-hydrogen) atoms. The first kappa shape index (κ1) is 15.0. The van der Waals surface area contributed by atoms with E-state index in [4.69, 9.17) is 0 Å². The number of imidazole rings is 1. The first-order chi connectivity index (χ1) is 9.82.